The van der Waals surface area contributed by atoms with Crippen molar-refractivity contribution >= 4 is 40.9 Å². The van der Waals surface area contributed by atoms with Gasteiger partial charge in [-0.15, -0.1) is 0 Å². The molecule has 10 heteroatoms. The van der Waals surface area contributed by atoms with E-state index in [-0.39, 0.29) is 23.7 Å². The van der Waals surface area contributed by atoms with Gasteiger partial charge in [0.1, 0.15) is 11.3 Å². The number of anilines is 1. The maximum absolute atomic E-state index is 13.0. The highest BCUT2D eigenvalue weighted by atomic mass is 35.5. The van der Waals surface area contributed by atoms with Gasteiger partial charge in [-0.25, -0.2) is 9.48 Å². The number of hydrogen-bond donors (Lipinski definition) is 2. The Morgan fingerprint density at radius 1 is 1.09 bits per heavy atom. The van der Waals surface area contributed by atoms with Crippen LogP contribution in [0.1, 0.15) is 27.8 Å². The first kappa shape index (κ1) is 21.6. The maximum Gasteiger partial charge on any atom is 0.343 e. The fraction of sp³-hybridized carbons (Fsp3) is 0.0909. The number of aromatic nitrogens is 4. The Morgan fingerprint density at radius 3 is 2.59 bits per heavy atom. The number of amides is 1. The van der Waals surface area contributed by atoms with Crippen LogP contribution in [-0.2, 0) is 4.74 Å². The predicted octanol–water partition coefficient (Wildman–Crippen LogP) is 5.00. The first-order valence-electron chi connectivity index (χ1n) is 9.60. The van der Waals surface area contributed by atoms with E-state index in [9.17, 15) is 9.59 Å². The van der Waals surface area contributed by atoms with E-state index in [2.05, 4.69) is 20.6 Å². The lowest BCUT2D eigenvalue weighted by molar-refractivity contribution is 0.0527. The first-order chi connectivity index (χ1) is 15.5. The van der Waals surface area contributed by atoms with Crippen LogP contribution in [0.3, 0.4) is 0 Å². The summed E-state index contributed by atoms with van der Waals surface area (Å²) in [6.45, 7) is 1.89. The van der Waals surface area contributed by atoms with Gasteiger partial charge in [-0.05, 0) is 37.3 Å². The largest absolute Gasteiger partial charge is 0.462 e. The molecule has 0 atom stereocenters. The summed E-state index contributed by atoms with van der Waals surface area (Å²) in [5, 5.41) is 14.7. The molecule has 4 aromatic rings. The van der Waals surface area contributed by atoms with Crippen molar-refractivity contribution in [3.05, 3.63) is 82.1 Å². The van der Waals surface area contributed by atoms with Gasteiger partial charge in [0.15, 0.2) is 5.82 Å². The minimum Gasteiger partial charge on any atom is -0.462 e. The molecule has 8 nitrogen and oxygen atoms in total. The number of H-pyrrole nitrogens is 1. The number of carbonyl (C=O) groups is 2. The molecule has 0 bridgehead atoms. The number of rotatable bonds is 6. The third-order valence-corrected chi connectivity index (χ3v) is 5.27. The molecule has 0 radical (unpaired) electrons. The minimum atomic E-state index is -0.592. The number of carbonyl (C=O) groups excluding carboxylic acids is 2. The second-order valence-electron chi connectivity index (χ2n) is 6.62. The highest BCUT2D eigenvalue weighted by Gasteiger charge is 2.23. The molecule has 0 saturated carbocycles. The van der Waals surface area contributed by atoms with Gasteiger partial charge < -0.3 is 10.1 Å². The topological polar surface area (TPSA) is 102 Å². The smallest absolute Gasteiger partial charge is 0.343 e. The zero-order valence-electron chi connectivity index (χ0n) is 16.8. The summed E-state index contributed by atoms with van der Waals surface area (Å²) in [6, 6.07) is 15.7. The number of esters is 1. The SMILES string of the molecule is CCOC(=O)c1cnn(-c2ccccc2)c1NC(=O)c1cc(-c2ccc(Cl)c(Cl)c2)n[nH]1. The average Bonchev–Trinajstić information content (AvgIpc) is 3.44. The molecule has 0 fully saturated rings. The molecule has 2 aromatic heterocycles. The average molecular weight is 470 g/mol. The van der Waals surface area contributed by atoms with Crippen LogP contribution >= 0.6 is 23.2 Å². The van der Waals surface area contributed by atoms with Gasteiger partial charge in [-0.1, -0.05) is 47.5 Å². The molecule has 2 N–H and O–H groups in total. The summed E-state index contributed by atoms with van der Waals surface area (Å²) in [6.07, 6.45) is 1.36. The second-order valence-corrected chi connectivity index (χ2v) is 7.44. The molecule has 2 heterocycles. The number of nitrogens with one attached hydrogen (secondary N) is 2. The molecular formula is C22H17Cl2N5O3. The van der Waals surface area contributed by atoms with Crippen molar-refractivity contribution in [1.29, 1.82) is 0 Å². The second kappa shape index (κ2) is 9.25. The standard InChI is InChI=1S/C22H17Cl2N5O3/c1-2-32-22(31)15-12-25-29(14-6-4-3-5-7-14)20(15)26-21(30)19-11-18(27-28-19)13-8-9-16(23)17(24)10-13/h3-12H,2H2,1H3,(H,26,30)(H,27,28). The van der Waals surface area contributed by atoms with Gasteiger partial charge in [-0.2, -0.15) is 10.2 Å². The van der Waals surface area contributed by atoms with E-state index >= 15 is 0 Å². The Morgan fingerprint density at radius 2 is 1.88 bits per heavy atom. The van der Waals surface area contributed by atoms with Crippen LogP contribution in [0.2, 0.25) is 10.0 Å². The minimum absolute atomic E-state index is 0.133. The van der Waals surface area contributed by atoms with Gasteiger partial charge in [0.25, 0.3) is 5.91 Å². The van der Waals surface area contributed by atoms with Crippen molar-refractivity contribution in [2.24, 2.45) is 0 Å². The van der Waals surface area contributed by atoms with Crippen molar-refractivity contribution in [1.82, 2.24) is 20.0 Å². The number of aromatic amines is 1. The van der Waals surface area contributed by atoms with Crippen LogP contribution in [0.25, 0.3) is 16.9 Å². The van der Waals surface area contributed by atoms with E-state index in [1.807, 2.05) is 18.2 Å². The molecule has 4 rings (SSSR count). The number of nitrogens with zero attached hydrogens (tertiary/aromatic N) is 3. The van der Waals surface area contributed by atoms with Gasteiger partial charge >= 0.3 is 5.97 Å². The van der Waals surface area contributed by atoms with Crippen LogP contribution in [0.15, 0.2) is 60.8 Å². The molecule has 2 aromatic carbocycles. The Balaban J connectivity index is 1.65. The van der Waals surface area contributed by atoms with E-state index in [1.165, 1.54) is 10.9 Å². The van der Waals surface area contributed by atoms with E-state index < -0.39 is 11.9 Å². The summed E-state index contributed by atoms with van der Waals surface area (Å²) in [5.74, 6) is -0.913. The van der Waals surface area contributed by atoms with Crippen LogP contribution in [0.5, 0.6) is 0 Å². The van der Waals surface area contributed by atoms with E-state index in [4.69, 9.17) is 27.9 Å². The summed E-state index contributed by atoms with van der Waals surface area (Å²) >= 11 is 12.0. The quantitative estimate of drug-likeness (QED) is 0.387. The number of ether oxygens (including phenoxy) is 1. The highest BCUT2D eigenvalue weighted by molar-refractivity contribution is 6.42. The molecule has 0 spiro atoms. The van der Waals surface area contributed by atoms with Crippen LogP contribution in [0, 0.1) is 0 Å². The van der Waals surface area contributed by atoms with E-state index in [0.717, 1.165) is 0 Å². The zero-order chi connectivity index (χ0) is 22.7. The Kier molecular flexibility index (Phi) is 6.25. The Hall–Kier alpha value is -3.62. The molecule has 32 heavy (non-hydrogen) atoms. The number of para-hydroxylation sites is 1. The zero-order valence-corrected chi connectivity index (χ0v) is 18.3. The van der Waals surface area contributed by atoms with Crippen LogP contribution in [-0.4, -0.2) is 38.5 Å². The normalized spacial score (nSPS) is 10.7. The molecular weight excluding hydrogens is 453 g/mol. The molecule has 0 aliphatic carbocycles. The summed E-state index contributed by atoms with van der Waals surface area (Å²) < 4.78 is 6.56. The third-order valence-electron chi connectivity index (χ3n) is 4.54. The lowest BCUT2D eigenvalue weighted by Crippen LogP contribution is -2.18. The van der Waals surface area contributed by atoms with Gasteiger partial charge in [-0.3, -0.25) is 9.89 Å². The lowest BCUT2D eigenvalue weighted by Gasteiger charge is -2.10. The van der Waals surface area contributed by atoms with Gasteiger partial charge in [0, 0.05) is 5.56 Å². The van der Waals surface area contributed by atoms with Crippen LogP contribution < -0.4 is 5.32 Å². The number of halogens is 2. The summed E-state index contributed by atoms with van der Waals surface area (Å²) in [5.41, 5.74) is 2.18. The predicted molar refractivity (Wildman–Crippen MR) is 122 cm³/mol. The fourth-order valence-electron chi connectivity index (χ4n) is 3.01. The summed E-state index contributed by atoms with van der Waals surface area (Å²) in [7, 11) is 0. The Labute approximate surface area is 193 Å². The van der Waals surface area contributed by atoms with E-state index in [0.29, 0.717) is 27.0 Å². The van der Waals surface area contributed by atoms with Crippen molar-refractivity contribution in [3.63, 3.8) is 0 Å². The molecule has 0 saturated heterocycles. The van der Waals surface area contributed by atoms with Crippen molar-refractivity contribution < 1.29 is 14.3 Å². The number of benzene rings is 2. The third kappa shape index (κ3) is 4.37. The summed E-state index contributed by atoms with van der Waals surface area (Å²) in [4.78, 5) is 25.4. The Bertz CT molecular complexity index is 1280. The van der Waals surface area contributed by atoms with Crippen molar-refractivity contribution in [3.8, 4) is 16.9 Å². The molecule has 0 aliphatic rings. The maximum atomic E-state index is 13.0. The monoisotopic (exact) mass is 469 g/mol. The molecule has 0 unspecified atom stereocenters. The first-order valence-corrected chi connectivity index (χ1v) is 10.4. The van der Waals surface area contributed by atoms with Crippen LogP contribution in [0.4, 0.5) is 5.82 Å². The molecule has 0 aliphatic heterocycles. The van der Waals surface area contributed by atoms with Gasteiger partial charge in [0.2, 0.25) is 0 Å². The lowest BCUT2D eigenvalue weighted by atomic mass is 10.1. The molecule has 162 valence electrons. The van der Waals surface area contributed by atoms with Crippen molar-refractivity contribution in [2.75, 3.05) is 11.9 Å². The molecule has 1 amide bonds. The fourth-order valence-corrected chi connectivity index (χ4v) is 3.31. The number of hydrogen-bond acceptors (Lipinski definition) is 5. The van der Waals surface area contributed by atoms with Gasteiger partial charge in [0.05, 0.1) is 34.2 Å². The van der Waals surface area contributed by atoms with E-state index in [1.54, 1.807) is 43.3 Å². The van der Waals surface area contributed by atoms with Crippen molar-refractivity contribution in [2.45, 2.75) is 6.92 Å². The highest BCUT2D eigenvalue weighted by Crippen LogP contribution is 2.28.